The van der Waals surface area contributed by atoms with Gasteiger partial charge in [-0.3, -0.25) is 4.40 Å². The second-order valence-corrected chi connectivity index (χ2v) is 6.90. The molecule has 0 saturated carbocycles. The second kappa shape index (κ2) is 6.44. The highest BCUT2D eigenvalue weighted by Crippen LogP contribution is 2.37. The minimum Gasteiger partial charge on any atom is -0.337 e. The maximum absolute atomic E-state index is 12.9. The Labute approximate surface area is 165 Å². The number of imidazole rings is 1. The summed E-state index contributed by atoms with van der Waals surface area (Å²) in [5.41, 5.74) is 0.981. The van der Waals surface area contributed by atoms with Crippen molar-refractivity contribution in [2.45, 2.75) is 6.18 Å². The first-order chi connectivity index (χ1) is 12.7. The molecule has 4 aromatic rings. The van der Waals surface area contributed by atoms with Gasteiger partial charge in [0.1, 0.15) is 0 Å². The van der Waals surface area contributed by atoms with E-state index < -0.39 is 16.8 Å². The zero-order chi connectivity index (χ0) is 19.3. The molecule has 0 unspecified atom stereocenters. The van der Waals surface area contributed by atoms with Gasteiger partial charge in [0.05, 0.1) is 26.6 Å². The van der Waals surface area contributed by atoms with Crippen molar-refractivity contribution in [1.82, 2.24) is 14.4 Å². The summed E-state index contributed by atoms with van der Waals surface area (Å²) in [6.45, 7) is 0. The van der Waals surface area contributed by atoms with Crippen molar-refractivity contribution in [3.05, 3.63) is 63.4 Å². The van der Waals surface area contributed by atoms with Gasteiger partial charge in [-0.05, 0) is 30.3 Å². The van der Waals surface area contributed by atoms with Crippen molar-refractivity contribution in [1.29, 1.82) is 0 Å². The molecule has 1 N–H and O–H groups in total. The zero-order valence-electron chi connectivity index (χ0n) is 13.2. The first kappa shape index (κ1) is 18.2. The van der Waals surface area contributed by atoms with Crippen LogP contribution in [-0.2, 0) is 6.18 Å². The fraction of sp³-hybridized carbons (Fsp3) is 0.0588. The van der Waals surface area contributed by atoms with Crippen LogP contribution in [0.4, 0.5) is 24.7 Å². The van der Waals surface area contributed by atoms with Gasteiger partial charge in [0.25, 0.3) is 0 Å². The van der Waals surface area contributed by atoms with Gasteiger partial charge in [-0.25, -0.2) is 9.97 Å². The molecule has 2 aromatic carbocycles. The number of rotatable bonds is 2. The van der Waals surface area contributed by atoms with Crippen LogP contribution in [0.15, 0.2) is 42.7 Å². The Bertz CT molecular complexity index is 1190. The van der Waals surface area contributed by atoms with E-state index in [9.17, 15) is 13.2 Å². The van der Waals surface area contributed by atoms with Gasteiger partial charge >= 0.3 is 6.18 Å². The summed E-state index contributed by atoms with van der Waals surface area (Å²) in [5.74, 6) is 0.321. The largest absolute Gasteiger partial charge is 0.417 e. The number of aromatic nitrogens is 3. The number of alkyl halides is 3. The number of nitrogens with zero attached hydrogens (tertiary/aromatic N) is 3. The number of fused-ring (bicyclic) bond motifs is 3. The lowest BCUT2D eigenvalue weighted by molar-refractivity contribution is -0.137. The van der Waals surface area contributed by atoms with Gasteiger partial charge in [0.2, 0.25) is 0 Å². The van der Waals surface area contributed by atoms with Crippen molar-refractivity contribution >= 4 is 63.0 Å². The highest BCUT2D eigenvalue weighted by Gasteiger charge is 2.33. The topological polar surface area (TPSA) is 42.2 Å². The van der Waals surface area contributed by atoms with Gasteiger partial charge < -0.3 is 5.32 Å². The molecule has 0 aliphatic heterocycles. The van der Waals surface area contributed by atoms with Crippen LogP contribution < -0.4 is 5.32 Å². The molecule has 0 atom stereocenters. The van der Waals surface area contributed by atoms with Crippen molar-refractivity contribution in [2.75, 3.05) is 5.32 Å². The quantitative estimate of drug-likeness (QED) is 0.388. The molecule has 0 fully saturated rings. The Morgan fingerprint density at radius 3 is 2.48 bits per heavy atom. The molecule has 138 valence electrons. The molecule has 27 heavy (non-hydrogen) atoms. The molecule has 0 amide bonds. The summed E-state index contributed by atoms with van der Waals surface area (Å²) < 4.78 is 40.3. The Kier molecular flexibility index (Phi) is 4.33. The summed E-state index contributed by atoms with van der Waals surface area (Å²) in [6, 6.07) is 6.58. The number of halogens is 6. The highest BCUT2D eigenvalue weighted by atomic mass is 35.5. The average Bonchev–Trinajstić information content (AvgIpc) is 3.02. The Morgan fingerprint density at radius 2 is 1.78 bits per heavy atom. The molecule has 2 heterocycles. The van der Waals surface area contributed by atoms with Gasteiger partial charge in [-0.2, -0.15) is 13.2 Å². The second-order valence-electron chi connectivity index (χ2n) is 5.65. The van der Waals surface area contributed by atoms with Gasteiger partial charge in [0, 0.05) is 23.1 Å². The van der Waals surface area contributed by atoms with Gasteiger partial charge in [0.15, 0.2) is 11.5 Å². The maximum Gasteiger partial charge on any atom is 0.417 e. The predicted molar refractivity (Wildman–Crippen MR) is 100 cm³/mol. The normalized spacial score (nSPS) is 12.1. The summed E-state index contributed by atoms with van der Waals surface area (Å²) in [4.78, 5) is 8.71. The van der Waals surface area contributed by atoms with Crippen LogP contribution in [0.25, 0.3) is 16.7 Å². The summed E-state index contributed by atoms with van der Waals surface area (Å²) >= 11 is 18.1. The molecular formula is C17H8Cl3F3N4. The van der Waals surface area contributed by atoms with E-state index >= 15 is 0 Å². The third kappa shape index (κ3) is 3.26. The molecule has 0 radical (unpaired) electrons. The van der Waals surface area contributed by atoms with Crippen LogP contribution in [0.5, 0.6) is 0 Å². The molecule has 2 aromatic heterocycles. The van der Waals surface area contributed by atoms with E-state index in [4.69, 9.17) is 34.8 Å². The van der Waals surface area contributed by atoms with Crippen molar-refractivity contribution < 1.29 is 13.2 Å². The lowest BCUT2D eigenvalue weighted by Gasteiger charge is -2.13. The molecule has 10 heteroatoms. The molecule has 4 nitrogen and oxygen atoms in total. The van der Waals surface area contributed by atoms with Crippen LogP contribution >= 0.6 is 34.8 Å². The lowest BCUT2D eigenvalue weighted by Crippen LogP contribution is -2.06. The van der Waals surface area contributed by atoms with Crippen molar-refractivity contribution in [2.24, 2.45) is 0 Å². The van der Waals surface area contributed by atoms with Gasteiger partial charge in [-0.1, -0.05) is 34.8 Å². The predicted octanol–water partition coefficient (Wildman–Crippen LogP) is 6.61. The molecular weight excluding hydrogens is 424 g/mol. The van der Waals surface area contributed by atoms with Crippen LogP contribution in [0, 0.1) is 0 Å². The smallest absolute Gasteiger partial charge is 0.337 e. The number of anilines is 2. The summed E-state index contributed by atoms with van der Waals surface area (Å²) in [7, 11) is 0. The van der Waals surface area contributed by atoms with E-state index in [0.29, 0.717) is 38.2 Å². The van der Waals surface area contributed by atoms with Crippen molar-refractivity contribution in [3.63, 3.8) is 0 Å². The summed E-state index contributed by atoms with van der Waals surface area (Å²) in [5, 5.41) is 3.34. The molecule has 0 aliphatic carbocycles. The Balaban J connectivity index is 1.84. The number of hydrogen-bond acceptors (Lipinski definition) is 3. The third-order valence-corrected chi connectivity index (χ3v) is 4.69. The monoisotopic (exact) mass is 430 g/mol. The van der Waals surface area contributed by atoms with E-state index in [0.717, 1.165) is 6.07 Å². The number of hydrogen-bond donors (Lipinski definition) is 1. The molecule has 0 saturated heterocycles. The average molecular weight is 432 g/mol. The van der Waals surface area contributed by atoms with Crippen LogP contribution in [0.2, 0.25) is 15.1 Å². The fourth-order valence-corrected chi connectivity index (χ4v) is 3.61. The minimum absolute atomic E-state index is 0.321. The van der Waals surface area contributed by atoms with Crippen LogP contribution in [0.1, 0.15) is 5.56 Å². The SMILES string of the molecule is FC(F)(F)c1ccc(Nc2nc3cc(Cl)cc(Cl)c3n3ccnc23)cc1Cl. The molecule has 0 bridgehead atoms. The van der Waals surface area contributed by atoms with E-state index in [2.05, 4.69) is 15.3 Å². The number of nitrogens with one attached hydrogen (secondary N) is 1. The fourth-order valence-electron chi connectivity index (χ4n) is 2.75. The zero-order valence-corrected chi connectivity index (χ0v) is 15.4. The Hall–Kier alpha value is -2.22. The third-order valence-electron chi connectivity index (χ3n) is 3.87. The Morgan fingerprint density at radius 1 is 1.00 bits per heavy atom. The molecule has 0 aliphatic rings. The molecule has 4 rings (SSSR count). The maximum atomic E-state index is 12.9. The lowest BCUT2D eigenvalue weighted by atomic mass is 10.2. The van der Waals surface area contributed by atoms with Crippen LogP contribution in [0.3, 0.4) is 0 Å². The van der Waals surface area contributed by atoms with E-state index in [-0.39, 0.29) is 0 Å². The minimum atomic E-state index is -4.53. The van der Waals surface area contributed by atoms with Crippen molar-refractivity contribution in [3.8, 4) is 0 Å². The van der Waals surface area contributed by atoms with E-state index in [1.807, 2.05) is 0 Å². The standard InChI is InChI=1S/C17H8Cl3F3N4/c18-8-5-12(20)14-13(6-8)26-15(16-24-3-4-27(14)16)25-9-1-2-10(11(19)7-9)17(21,22)23/h1-7H,(H,25,26). The molecule has 0 spiro atoms. The first-order valence-corrected chi connectivity index (χ1v) is 8.63. The van der Waals surface area contributed by atoms with Gasteiger partial charge in [-0.15, -0.1) is 0 Å². The summed E-state index contributed by atoms with van der Waals surface area (Å²) in [6.07, 6.45) is -1.27. The number of benzene rings is 2. The first-order valence-electron chi connectivity index (χ1n) is 7.49. The van der Waals surface area contributed by atoms with E-state index in [1.54, 1.807) is 28.9 Å². The van der Waals surface area contributed by atoms with E-state index in [1.165, 1.54) is 12.1 Å². The highest BCUT2D eigenvalue weighted by molar-refractivity contribution is 6.38. The van der Waals surface area contributed by atoms with Crippen LogP contribution in [-0.4, -0.2) is 14.4 Å².